The Hall–Kier alpha value is -1.58. The minimum Gasteiger partial charge on any atom is -0.494 e. The van der Waals surface area contributed by atoms with Crippen molar-refractivity contribution in [1.29, 1.82) is 0 Å². The molecule has 1 N–H and O–H groups in total. The largest absolute Gasteiger partial charge is 0.494 e. The quantitative estimate of drug-likeness (QED) is 0.728. The van der Waals surface area contributed by atoms with Gasteiger partial charge in [0.15, 0.2) is 0 Å². The Bertz CT molecular complexity index is 396. The third-order valence-electron chi connectivity index (χ3n) is 3.69. The molecule has 0 saturated heterocycles. The fourth-order valence-corrected chi connectivity index (χ4v) is 2.14. The van der Waals surface area contributed by atoms with E-state index in [1.165, 1.54) is 12.1 Å². The van der Waals surface area contributed by atoms with E-state index in [-0.39, 0.29) is 5.82 Å². The molecule has 0 unspecified atom stereocenters. The Labute approximate surface area is 113 Å². The van der Waals surface area contributed by atoms with Crippen molar-refractivity contribution in [3.63, 3.8) is 0 Å². The molecule has 0 radical (unpaired) electrons. The van der Waals surface area contributed by atoms with Crippen LogP contribution in [0.4, 0.5) is 4.39 Å². The Balaban J connectivity index is 2.41. The van der Waals surface area contributed by atoms with Gasteiger partial charge in [0.05, 0.1) is 12.0 Å². The summed E-state index contributed by atoms with van der Waals surface area (Å²) < 4.78 is 18.2. The molecule has 0 aliphatic heterocycles. The van der Waals surface area contributed by atoms with Gasteiger partial charge in [-0.3, -0.25) is 4.79 Å². The molecule has 106 valence electrons. The number of benzene rings is 1. The highest BCUT2D eigenvalue weighted by molar-refractivity contribution is 5.74. The maximum atomic E-state index is 12.7. The highest BCUT2D eigenvalue weighted by atomic mass is 19.1. The van der Waals surface area contributed by atoms with Crippen LogP contribution in [0.2, 0.25) is 0 Å². The first-order valence-corrected chi connectivity index (χ1v) is 6.66. The molecule has 4 heteroatoms. The van der Waals surface area contributed by atoms with Gasteiger partial charge < -0.3 is 9.84 Å². The van der Waals surface area contributed by atoms with Crippen molar-refractivity contribution in [2.24, 2.45) is 5.41 Å². The Kier molecular flexibility index (Phi) is 5.80. The third kappa shape index (κ3) is 4.23. The molecular formula is C15H21FO3. The summed E-state index contributed by atoms with van der Waals surface area (Å²) in [4.78, 5) is 11.3. The maximum Gasteiger partial charge on any atom is 0.309 e. The minimum absolute atomic E-state index is 0.297. The third-order valence-corrected chi connectivity index (χ3v) is 3.69. The maximum absolute atomic E-state index is 12.7. The number of carboxylic acids is 1. The molecule has 0 saturated carbocycles. The lowest BCUT2D eigenvalue weighted by molar-refractivity contribution is -0.150. The molecule has 0 bridgehead atoms. The van der Waals surface area contributed by atoms with Gasteiger partial charge in [0.2, 0.25) is 0 Å². The number of rotatable bonds is 8. The highest BCUT2D eigenvalue weighted by Crippen LogP contribution is 2.32. The molecule has 0 fully saturated rings. The Morgan fingerprint density at radius 3 is 2.32 bits per heavy atom. The van der Waals surface area contributed by atoms with Gasteiger partial charge in [0.25, 0.3) is 0 Å². The summed E-state index contributed by atoms with van der Waals surface area (Å²) >= 11 is 0. The van der Waals surface area contributed by atoms with E-state index in [1.807, 2.05) is 13.8 Å². The standard InChI is InChI=1S/C15H21FO3/c1-3-15(4-2,14(17)18)10-5-11-19-13-8-6-12(16)7-9-13/h6-9H,3-5,10-11H2,1-2H3,(H,17,18). The molecular weight excluding hydrogens is 247 g/mol. The minimum atomic E-state index is -0.737. The second-order valence-corrected chi connectivity index (χ2v) is 4.70. The number of hydrogen-bond acceptors (Lipinski definition) is 2. The lowest BCUT2D eigenvalue weighted by Crippen LogP contribution is -2.30. The first-order valence-electron chi connectivity index (χ1n) is 6.66. The van der Waals surface area contributed by atoms with E-state index in [1.54, 1.807) is 12.1 Å². The van der Waals surface area contributed by atoms with E-state index < -0.39 is 11.4 Å². The van der Waals surface area contributed by atoms with Crippen LogP contribution in [0.3, 0.4) is 0 Å². The number of carbonyl (C=O) groups is 1. The van der Waals surface area contributed by atoms with Crippen molar-refractivity contribution in [3.05, 3.63) is 30.1 Å². The average molecular weight is 268 g/mol. The van der Waals surface area contributed by atoms with Crippen LogP contribution in [0, 0.1) is 11.2 Å². The summed E-state index contributed by atoms with van der Waals surface area (Å²) in [6.07, 6.45) is 2.51. The van der Waals surface area contributed by atoms with Crippen LogP contribution in [-0.4, -0.2) is 17.7 Å². The molecule has 1 rings (SSSR count). The molecule has 0 atom stereocenters. The lowest BCUT2D eigenvalue weighted by atomic mass is 9.78. The van der Waals surface area contributed by atoms with Crippen LogP contribution in [0.1, 0.15) is 39.5 Å². The zero-order chi connectivity index (χ0) is 14.3. The first-order chi connectivity index (χ1) is 9.04. The predicted octanol–water partition coefficient (Wildman–Crippen LogP) is 3.88. The number of hydrogen-bond donors (Lipinski definition) is 1. The normalized spacial score (nSPS) is 11.3. The number of carboxylic acid groups (broad SMARTS) is 1. The summed E-state index contributed by atoms with van der Waals surface area (Å²) in [5, 5.41) is 9.29. The van der Waals surface area contributed by atoms with Crippen LogP contribution in [0.15, 0.2) is 24.3 Å². The fraction of sp³-hybridized carbons (Fsp3) is 0.533. The van der Waals surface area contributed by atoms with Gasteiger partial charge in [0, 0.05) is 0 Å². The van der Waals surface area contributed by atoms with Crippen LogP contribution in [-0.2, 0) is 4.79 Å². The molecule has 0 spiro atoms. The van der Waals surface area contributed by atoms with Crippen molar-refractivity contribution in [2.45, 2.75) is 39.5 Å². The molecule has 0 amide bonds. The van der Waals surface area contributed by atoms with Crippen LogP contribution >= 0.6 is 0 Å². The molecule has 0 aliphatic carbocycles. The van der Waals surface area contributed by atoms with E-state index in [2.05, 4.69) is 0 Å². The van der Waals surface area contributed by atoms with E-state index in [9.17, 15) is 14.3 Å². The predicted molar refractivity (Wildman–Crippen MR) is 71.8 cm³/mol. The highest BCUT2D eigenvalue weighted by Gasteiger charge is 2.33. The van der Waals surface area contributed by atoms with Crippen LogP contribution in [0.25, 0.3) is 0 Å². The van der Waals surface area contributed by atoms with Gasteiger partial charge >= 0.3 is 5.97 Å². The van der Waals surface area contributed by atoms with Gasteiger partial charge in [-0.1, -0.05) is 13.8 Å². The van der Waals surface area contributed by atoms with Gasteiger partial charge in [0.1, 0.15) is 11.6 Å². The van der Waals surface area contributed by atoms with Gasteiger partial charge in [-0.25, -0.2) is 4.39 Å². The summed E-state index contributed by atoms with van der Waals surface area (Å²) in [7, 11) is 0. The zero-order valence-electron chi connectivity index (χ0n) is 11.5. The number of aliphatic carboxylic acids is 1. The van der Waals surface area contributed by atoms with Crippen LogP contribution < -0.4 is 4.74 Å². The first kappa shape index (κ1) is 15.5. The van der Waals surface area contributed by atoms with Crippen LogP contribution in [0.5, 0.6) is 5.75 Å². The molecule has 0 heterocycles. The van der Waals surface area contributed by atoms with Gasteiger partial charge in [-0.15, -0.1) is 0 Å². The lowest BCUT2D eigenvalue weighted by Gasteiger charge is -2.26. The number of ether oxygens (including phenoxy) is 1. The van der Waals surface area contributed by atoms with Crippen molar-refractivity contribution >= 4 is 5.97 Å². The molecule has 0 aliphatic rings. The second kappa shape index (κ2) is 7.12. The molecule has 1 aromatic carbocycles. The summed E-state index contributed by atoms with van der Waals surface area (Å²) in [5.74, 6) is -0.427. The van der Waals surface area contributed by atoms with Crippen molar-refractivity contribution in [2.75, 3.05) is 6.61 Å². The smallest absolute Gasteiger partial charge is 0.309 e. The van der Waals surface area contributed by atoms with Crippen molar-refractivity contribution in [1.82, 2.24) is 0 Å². The molecule has 3 nitrogen and oxygen atoms in total. The van der Waals surface area contributed by atoms with Gasteiger partial charge in [-0.2, -0.15) is 0 Å². The van der Waals surface area contributed by atoms with Gasteiger partial charge in [-0.05, 0) is 49.9 Å². The number of halogens is 1. The zero-order valence-corrected chi connectivity index (χ0v) is 11.5. The summed E-state index contributed by atoms with van der Waals surface area (Å²) in [6.45, 7) is 4.25. The average Bonchev–Trinajstić information content (AvgIpc) is 2.41. The molecule has 19 heavy (non-hydrogen) atoms. The van der Waals surface area contributed by atoms with Crippen molar-refractivity contribution in [3.8, 4) is 5.75 Å². The Morgan fingerprint density at radius 2 is 1.84 bits per heavy atom. The topological polar surface area (TPSA) is 46.5 Å². The van der Waals surface area contributed by atoms with E-state index in [4.69, 9.17) is 4.74 Å². The Morgan fingerprint density at radius 1 is 1.26 bits per heavy atom. The summed E-state index contributed by atoms with van der Waals surface area (Å²) in [6, 6.07) is 5.82. The van der Waals surface area contributed by atoms with Crippen molar-refractivity contribution < 1.29 is 19.0 Å². The van der Waals surface area contributed by atoms with E-state index >= 15 is 0 Å². The summed E-state index contributed by atoms with van der Waals surface area (Å²) in [5.41, 5.74) is -0.647. The second-order valence-electron chi connectivity index (χ2n) is 4.70. The molecule has 0 aromatic heterocycles. The molecule has 1 aromatic rings. The van der Waals surface area contributed by atoms with E-state index in [0.29, 0.717) is 38.0 Å². The fourth-order valence-electron chi connectivity index (χ4n) is 2.14. The SMILES string of the molecule is CCC(CC)(CCCOc1ccc(F)cc1)C(=O)O. The monoisotopic (exact) mass is 268 g/mol. The van der Waals surface area contributed by atoms with E-state index in [0.717, 1.165) is 0 Å².